The Morgan fingerprint density at radius 3 is 2.74 bits per heavy atom. The first kappa shape index (κ1) is 23.5. The van der Waals surface area contributed by atoms with Gasteiger partial charge in [-0.05, 0) is 68.7 Å². The van der Waals surface area contributed by atoms with E-state index in [0.717, 1.165) is 15.8 Å². The molecule has 182 valence electrons. The molecule has 4 heterocycles. The number of aromatic nitrogens is 2. The van der Waals surface area contributed by atoms with Crippen LogP contribution in [0.5, 0.6) is 0 Å². The van der Waals surface area contributed by atoms with E-state index < -0.39 is 10.0 Å². The number of carbonyl (C=O) groups excluding carboxylic acids is 1. The van der Waals surface area contributed by atoms with Crippen LogP contribution in [-0.4, -0.2) is 41.9 Å². The Bertz CT molecular complexity index is 1490. The number of fused-ring (bicyclic) bond motifs is 1. The van der Waals surface area contributed by atoms with Gasteiger partial charge in [0.15, 0.2) is 15.8 Å². The predicted octanol–water partition coefficient (Wildman–Crippen LogP) is 4.70. The monoisotopic (exact) mass is 512 g/mol. The van der Waals surface area contributed by atoms with Crippen molar-refractivity contribution in [2.24, 2.45) is 5.92 Å². The highest BCUT2D eigenvalue weighted by atomic mass is 32.2. The first-order valence-corrected chi connectivity index (χ1v) is 13.4. The summed E-state index contributed by atoms with van der Waals surface area (Å²) in [6.07, 6.45) is 5.51. The highest BCUT2D eigenvalue weighted by molar-refractivity contribution is 7.89. The van der Waals surface area contributed by atoms with Crippen molar-refractivity contribution in [3.05, 3.63) is 59.4 Å². The van der Waals surface area contributed by atoms with Gasteiger partial charge in [0.1, 0.15) is 11.5 Å². The molecule has 3 aromatic heterocycles. The molecule has 0 aliphatic carbocycles. The number of piperidine rings is 1. The minimum absolute atomic E-state index is 0.0352. The summed E-state index contributed by atoms with van der Waals surface area (Å²) in [7, 11) is -3.85. The molecule has 1 aliphatic heterocycles. The number of hydrogen-bond donors (Lipinski definition) is 1. The number of rotatable bonds is 6. The third-order valence-corrected chi connectivity index (χ3v) is 8.96. The molecule has 1 fully saturated rings. The number of thiazole rings is 1. The van der Waals surface area contributed by atoms with Gasteiger partial charge in [-0.25, -0.2) is 13.4 Å². The van der Waals surface area contributed by atoms with E-state index in [9.17, 15) is 13.2 Å². The molecule has 0 atom stereocenters. The van der Waals surface area contributed by atoms with Gasteiger partial charge in [-0.1, -0.05) is 22.6 Å². The fourth-order valence-corrected chi connectivity index (χ4v) is 6.81. The number of amides is 1. The molecular weight excluding hydrogens is 488 g/mol. The number of carbonyl (C=O) groups is 1. The van der Waals surface area contributed by atoms with Crippen LogP contribution in [0.15, 0.2) is 50.4 Å². The summed E-state index contributed by atoms with van der Waals surface area (Å²) < 4.78 is 39.7. The Morgan fingerprint density at radius 1 is 1.20 bits per heavy atom. The lowest BCUT2D eigenvalue weighted by molar-refractivity contribution is -0.120. The summed E-state index contributed by atoms with van der Waals surface area (Å²) in [6.45, 7) is 4.07. The van der Waals surface area contributed by atoms with E-state index in [1.807, 2.05) is 25.1 Å². The number of aryl methyl sites for hydroxylation is 2. The smallest absolute Gasteiger partial charge is 0.248 e. The molecule has 0 bridgehead atoms. The van der Waals surface area contributed by atoms with Gasteiger partial charge in [-0.3, -0.25) is 4.79 Å². The third kappa shape index (κ3) is 4.79. The van der Waals surface area contributed by atoms with Gasteiger partial charge in [-0.2, -0.15) is 4.31 Å². The first-order chi connectivity index (χ1) is 16.8. The summed E-state index contributed by atoms with van der Waals surface area (Å²) in [6, 6.07) is 9.45. The van der Waals surface area contributed by atoms with E-state index >= 15 is 0 Å². The SMILES string of the molecule is Cc1ccc2nc(NC(=O)C3CCN(S(=O)(=O)c4c(C)noc4/C=C/c4ccco4)CC3)sc2c1. The summed E-state index contributed by atoms with van der Waals surface area (Å²) >= 11 is 1.43. The molecule has 1 aliphatic rings. The van der Waals surface area contributed by atoms with Crippen LogP contribution in [0.4, 0.5) is 5.13 Å². The lowest BCUT2D eigenvalue weighted by Gasteiger charge is -2.30. The van der Waals surface area contributed by atoms with Gasteiger partial charge in [0.25, 0.3) is 0 Å². The number of nitrogens with one attached hydrogen (secondary N) is 1. The lowest BCUT2D eigenvalue weighted by atomic mass is 9.97. The summed E-state index contributed by atoms with van der Waals surface area (Å²) in [4.78, 5) is 17.4. The maximum Gasteiger partial charge on any atom is 0.248 e. The molecular formula is C24H24N4O5S2. The average molecular weight is 513 g/mol. The van der Waals surface area contributed by atoms with Crippen molar-refractivity contribution in [2.75, 3.05) is 18.4 Å². The quantitative estimate of drug-likeness (QED) is 0.398. The van der Waals surface area contributed by atoms with Crippen LogP contribution in [0.3, 0.4) is 0 Å². The number of nitrogens with zero attached hydrogens (tertiary/aromatic N) is 3. The molecule has 1 aromatic carbocycles. The Labute approximate surface area is 206 Å². The van der Waals surface area contributed by atoms with Crippen molar-refractivity contribution in [1.82, 2.24) is 14.4 Å². The van der Waals surface area contributed by atoms with Crippen LogP contribution in [0.2, 0.25) is 0 Å². The standard InChI is InChI=1S/C24H24N4O5S2/c1-15-5-7-19-21(14-15)34-24(25-19)26-23(29)17-9-11-28(12-10-17)35(30,31)22-16(2)27-33-20(22)8-6-18-4-3-13-32-18/h3-8,13-14,17H,9-12H2,1-2H3,(H,25,26,29)/b8-6+. The van der Waals surface area contributed by atoms with E-state index in [4.69, 9.17) is 8.94 Å². The van der Waals surface area contributed by atoms with E-state index in [0.29, 0.717) is 23.7 Å². The number of benzene rings is 1. The Hall–Kier alpha value is -3.28. The van der Waals surface area contributed by atoms with Crippen LogP contribution >= 0.6 is 11.3 Å². The molecule has 0 spiro atoms. The van der Waals surface area contributed by atoms with Crippen molar-refractivity contribution in [2.45, 2.75) is 31.6 Å². The molecule has 1 saturated heterocycles. The largest absolute Gasteiger partial charge is 0.465 e. The maximum atomic E-state index is 13.4. The second-order valence-electron chi connectivity index (χ2n) is 8.47. The summed E-state index contributed by atoms with van der Waals surface area (Å²) in [5.41, 5.74) is 2.27. The fourth-order valence-electron chi connectivity index (χ4n) is 4.12. The highest BCUT2D eigenvalue weighted by Crippen LogP contribution is 2.31. The minimum atomic E-state index is -3.85. The first-order valence-electron chi connectivity index (χ1n) is 11.2. The van der Waals surface area contributed by atoms with Crippen LogP contribution in [0.25, 0.3) is 22.4 Å². The molecule has 0 unspecified atom stereocenters. The Morgan fingerprint density at radius 2 is 2.00 bits per heavy atom. The normalized spacial score (nSPS) is 15.8. The minimum Gasteiger partial charge on any atom is -0.465 e. The van der Waals surface area contributed by atoms with Gasteiger partial charge < -0.3 is 14.3 Å². The molecule has 0 radical (unpaired) electrons. The van der Waals surface area contributed by atoms with E-state index in [-0.39, 0.29) is 41.3 Å². The number of hydrogen-bond acceptors (Lipinski definition) is 8. The van der Waals surface area contributed by atoms with E-state index in [1.54, 1.807) is 25.1 Å². The van der Waals surface area contributed by atoms with Crippen molar-refractivity contribution < 1.29 is 22.2 Å². The van der Waals surface area contributed by atoms with Gasteiger partial charge in [0.05, 0.1) is 16.5 Å². The fraction of sp³-hybridized carbons (Fsp3) is 0.292. The van der Waals surface area contributed by atoms with Crippen molar-refractivity contribution in [3.8, 4) is 0 Å². The van der Waals surface area contributed by atoms with Crippen LogP contribution in [0.1, 0.15) is 35.6 Å². The van der Waals surface area contributed by atoms with Crippen LogP contribution in [0, 0.1) is 19.8 Å². The summed E-state index contributed by atoms with van der Waals surface area (Å²) in [5, 5.41) is 7.32. The van der Waals surface area contributed by atoms with Crippen LogP contribution < -0.4 is 5.32 Å². The van der Waals surface area contributed by atoms with E-state index in [2.05, 4.69) is 15.5 Å². The molecule has 1 N–H and O–H groups in total. The maximum absolute atomic E-state index is 13.4. The molecule has 11 heteroatoms. The third-order valence-electron chi connectivity index (χ3n) is 5.97. The van der Waals surface area contributed by atoms with Crippen LogP contribution in [-0.2, 0) is 14.8 Å². The zero-order valence-corrected chi connectivity index (χ0v) is 20.9. The molecule has 0 saturated carbocycles. The second kappa shape index (κ2) is 9.40. The summed E-state index contributed by atoms with van der Waals surface area (Å²) in [5.74, 6) is 0.278. The number of anilines is 1. The lowest BCUT2D eigenvalue weighted by Crippen LogP contribution is -2.41. The molecule has 5 rings (SSSR count). The predicted molar refractivity (Wildman–Crippen MR) is 133 cm³/mol. The van der Waals surface area contributed by atoms with Gasteiger partial charge in [-0.15, -0.1) is 0 Å². The van der Waals surface area contributed by atoms with Gasteiger partial charge in [0.2, 0.25) is 15.9 Å². The Balaban J connectivity index is 1.26. The zero-order chi connectivity index (χ0) is 24.6. The highest BCUT2D eigenvalue weighted by Gasteiger charge is 2.36. The Kier molecular flexibility index (Phi) is 6.30. The second-order valence-corrected chi connectivity index (χ2v) is 11.4. The zero-order valence-electron chi connectivity index (χ0n) is 19.2. The van der Waals surface area contributed by atoms with Crippen molar-refractivity contribution in [3.63, 3.8) is 0 Å². The topological polar surface area (TPSA) is 119 Å². The molecule has 35 heavy (non-hydrogen) atoms. The number of sulfonamides is 1. The van der Waals surface area contributed by atoms with E-state index in [1.165, 1.54) is 28.0 Å². The molecule has 9 nitrogen and oxygen atoms in total. The van der Waals surface area contributed by atoms with Gasteiger partial charge >= 0.3 is 0 Å². The van der Waals surface area contributed by atoms with Gasteiger partial charge in [0, 0.05) is 19.0 Å². The van der Waals surface area contributed by atoms with Crippen molar-refractivity contribution >= 4 is 54.8 Å². The molecule has 4 aromatic rings. The average Bonchev–Trinajstić information content (AvgIpc) is 3.57. The number of furan rings is 1. The molecule has 1 amide bonds. The van der Waals surface area contributed by atoms with Crippen molar-refractivity contribution in [1.29, 1.82) is 0 Å².